The van der Waals surface area contributed by atoms with Crippen molar-refractivity contribution in [3.8, 4) is 11.1 Å². The fourth-order valence-electron chi connectivity index (χ4n) is 7.27. The van der Waals surface area contributed by atoms with Gasteiger partial charge in [-0.15, -0.1) is 0 Å². The van der Waals surface area contributed by atoms with E-state index in [-0.39, 0.29) is 6.17 Å². The molecule has 0 radical (unpaired) electrons. The predicted molar refractivity (Wildman–Crippen MR) is 202 cm³/mol. The fraction of sp³-hybridized carbons (Fsp3) is 0.0222. The van der Waals surface area contributed by atoms with Crippen LogP contribution in [0, 0.1) is 0 Å². The zero-order chi connectivity index (χ0) is 32.3. The number of rotatable bonds is 4. The van der Waals surface area contributed by atoms with E-state index < -0.39 is 0 Å². The van der Waals surface area contributed by atoms with Gasteiger partial charge in [0, 0.05) is 21.9 Å². The number of aliphatic imine (C=N–C) groups is 1. The minimum atomic E-state index is -0.221. The van der Waals surface area contributed by atoms with E-state index in [1.54, 1.807) is 0 Å². The van der Waals surface area contributed by atoms with Gasteiger partial charge in [0.1, 0.15) is 11.2 Å². The third kappa shape index (κ3) is 4.68. The molecule has 4 nitrogen and oxygen atoms in total. The lowest BCUT2D eigenvalue weighted by Crippen LogP contribution is -2.80. The maximum Gasteiger partial charge on any atom is 0.328 e. The lowest BCUT2D eigenvalue weighted by Gasteiger charge is -2.19. The Kier molecular flexibility index (Phi) is 6.21. The highest BCUT2D eigenvalue weighted by atomic mass is 16.3. The van der Waals surface area contributed by atoms with Crippen LogP contribution in [0.4, 0.5) is 0 Å². The first kappa shape index (κ1) is 27.6. The molecule has 1 aliphatic rings. The molecule has 0 amide bonds. The zero-order valence-electron chi connectivity index (χ0n) is 26.5. The molecule has 1 atom stereocenters. The Balaban J connectivity index is 1.22. The highest BCUT2D eigenvalue weighted by Crippen LogP contribution is 2.40. The highest BCUT2D eigenvalue weighted by molar-refractivity contribution is 6.24. The number of furan rings is 1. The summed E-state index contributed by atoms with van der Waals surface area (Å²) in [4.78, 5) is 9.09. The maximum absolute atomic E-state index is 6.79. The molecule has 0 saturated carbocycles. The number of benzene rings is 8. The molecule has 1 aromatic heterocycles. The molecular formula is C45H30N3O+. The SMILES string of the molecule is c1ccc(-c2ccc(C3=NC(c4ccc5ccccc5c4)=[NH+]C(c4ccc5ccccc5c4)N3)c3c2oc2cc4ccccc4cc23)cc1. The van der Waals surface area contributed by atoms with E-state index in [4.69, 9.17) is 9.41 Å². The maximum atomic E-state index is 6.79. The summed E-state index contributed by atoms with van der Waals surface area (Å²) in [5.74, 6) is 1.61. The first-order valence-corrected chi connectivity index (χ1v) is 16.7. The van der Waals surface area contributed by atoms with Crippen LogP contribution in [0.1, 0.15) is 22.9 Å². The van der Waals surface area contributed by atoms with Crippen molar-refractivity contribution in [3.05, 3.63) is 180 Å². The second-order valence-electron chi connectivity index (χ2n) is 12.7. The van der Waals surface area contributed by atoms with Gasteiger partial charge in [-0.1, -0.05) is 121 Å². The average Bonchev–Trinajstić information content (AvgIpc) is 3.54. The molecule has 230 valence electrons. The number of hydrogen-bond donors (Lipinski definition) is 2. The molecule has 1 unspecified atom stereocenters. The monoisotopic (exact) mass is 628 g/mol. The Hall–Kier alpha value is -6.52. The molecule has 8 aromatic carbocycles. The molecule has 9 aromatic rings. The second kappa shape index (κ2) is 11.0. The summed E-state index contributed by atoms with van der Waals surface area (Å²) in [6.45, 7) is 0. The van der Waals surface area contributed by atoms with Gasteiger partial charge in [-0.25, -0.2) is 4.99 Å². The summed E-state index contributed by atoms with van der Waals surface area (Å²) in [7, 11) is 0. The molecule has 4 heteroatoms. The molecular weight excluding hydrogens is 599 g/mol. The van der Waals surface area contributed by atoms with Crippen LogP contribution in [0.5, 0.6) is 0 Å². The molecule has 2 N–H and O–H groups in total. The van der Waals surface area contributed by atoms with Gasteiger partial charge >= 0.3 is 5.84 Å². The number of amidine groups is 2. The Morgan fingerprint density at radius 3 is 1.88 bits per heavy atom. The van der Waals surface area contributed by atoms with E-state index in [0.717, 1.165) is 66.8 Å². The van der Waals surface area contributed by atoms with Crippen LogP contribution in [0.15, 0.2) is 173 Å². The van der Waals surface area contributed by atoms with E-state index in [9.17, 15) is 0 Å². The summed E-state index contributed by atoms with van der Waals surface area (Å²) in [6, 6.07) is 57.8. The normalized spacial score (nSPS) is 14.7. The smallest absolute Gasteiger partial charge is 0.328 e. The van der Waals surface area contributed by atoms with Crippen molar-refractivity contribution in [2.24, 2.45) is 4.99 Å². The average molecular weight is 629 g/mol. The third-order valence-electron chi connectivity index (χ3n) is 9.74. The van der Waals surface area contributed by atoms with Crippen molar-refractivity contribution in [3.63, 3.8) is 0 Å². The van der Waals surface area contributed by atoms with E-state index in [0.29, 0.717) is 0 Å². The van der Waals surface area contributed by atoms with Gasteiger partial charge in [0.2, 0.25) is 0 Å². The summed E-state index contributed by atoms with van der Waals surface area (Å²) in [5.41, 5.74) is 7.03. The molecule has 0 bridgehead atoms. The van der Waals surface area contributed by atoms with Gasteiger partial charge in [-0.2, -0.15) is 0 Å². The Morgan fingerprint density at radius 2 is 1.12 bits per heavy atom. The molecule has 0 saturated heterocycles. The number of nitrogens with zero attached hydrogens (tertiary/aromatic N) is 1. The molecule has 0 spiro atoms. The second-order valence-corrected chi connectivity index (χ2v) is 12.7. The topological polar surface area (TPSA) is 51.5 Å². The van der Waals surface area contributed by atoms with E-state index in [1.807, 2.05) is 6.07 Å². The predicted octanol–water partition coefficient (Wildman–Crippen LogP) is 9.29. The fourth-order valence-corrected chi connectivity index (χ4v) is 7.27. The first-order valence-electron chi connectivity index (χ1n) is 16.7. The van der Waals surface area contributed by atoms with Crippen molar-refractivity contribution in [2.45, 2.75) is 6.17 Å². The highest BCUT2D eigenvalue weighted by Gasteiger charge is 2.31. The lowest BCUT2D eigenvalue weighted by atomic mass is 9.96. The third-order valence-corrected chi connectivity index (χ3v) is 9.74. The van der Waals surface area contributed by atoms with Gasteiger partial charge in [0.15, 0.2) is 6.17 Å². The minimum absolute atomic E-state index is 0.221. The largest absolute Gasteiger partial charge is 0.455 e. The summed E-state index contributed by atoms with van der Waals surface area (Å²) >= 11 is 0. The number of fused-ring (bicyclic) bond motifs is 6. The van der Waals surface area contributed by atoms with Gasteiger partial charge in [-0.05, 0) is 85.3 Å². The number of hydrogen-bond acceptors (Lipinski definition) is 3. The van der Waals surface area contributed by atoms with E-state index >= 15 is 0 Å². The minimum Gasteiger partial charge on any atom is -0.455 e. The van der Waals surface area contributed by atoms with Crippen LogP contribution >= 0.6 is 0 Å². The van der Waals surface area contributed by atoms with Crippen molar-refractivity contribution in [1.29, 1.82) is 0 Å². The Bertz CT molecular complexity index is 2810. The van der Waals surface area contributed by atoms with Gasteiger partial charge < -0.3 is 9.73 Å². The molecule has 1 aliphatic heterocycles. The molecule has 2 heterocycles. The van der Waals surface area contributed by atoms with E-state index in [2.05, 4.69) is 168 Å². The summed E-state index contributed by atoms with van der Waals surface area (Å²) in [5, 5.41) is 13.0. The standard InChI is InChI=1S/C45H29N3O/c1-2-12-30(13-3-1)37-22-23-38(41-39-26-33-16-8-9-17-34(33)27-40(39)49-42(37)41)45-47-43(35-20-18-28-10-4-6-14-31(28)24-35)46-44(48-45)36-21-19-29-11-5-7-15-32(29)25-36/h1-27,43H,(H,46,47,48)/p+1. The molecule has 0 fully saturated rings. The Labute approximate surface area is 282 Å². The number of nitrogens with one attached hydrogen (secondary N) is 2. The van der Waals surface area contributed by atoms with Crippen LogP contribution in [0.2, 0.25) is 0 Å². The van der Waals surface area contributed by atoms with Crippen LogP contribution in [-0.2, 0) is 0 Å². The summed E-state index contributed by atoms with van der Waals surface area (Å²) in [6.07, 6.45) is -0.221. The van der Waals surface area contributed by atoms with Gasteiger partial charge in [0.05, 0.1) is 11.1 Å². The van der Waals surface area contributed by atoms with Gasteiger partial charge in [0.25, 0.3) is 5.84 Å². The summed E-state index contributed by atoms with van der Waals surface area (Å²) < 4.78 is 6.79. The van der Waals surface area contributed by atoms with Crippen LogP contribution < -0.4 is 10.3 Å². The van der Waals surface area contributed by atoms with Crippen molar-refractivity contribution in [2.75, 3.05) is 0 Å². The zero-order valence-corrected chi connectivity index (χ0v) is 26.5. The molecule has 0 aliphatic carbocycles. The van der Waals surface area contributed by atoms with E-state index in [1.165, 1.54) is 26.9 Å². The van der Waals surface area contributed by atoms with Crippen LogP contribution in [-0.4, -0.2) is 11.7 Å². The first-order chi connectivity index (χ1) is 24.2. The van der Waals surface area contributed by atoms with Crippen molar-refractivity contribution >= 4 is 65.9 Å². The molecule has 10 rings (SSSR count). The quantitative estimate of drug-likeness (QED) is 0.204. The lowest BCUT2D eigenvalue weighted by molar-refractivity contribution is -0.516. The molecule has 49 heavy (non-hydrogen) atoms. The Morgan fingerprint density at radius 1 is 0.510 bits per heavy atom. The van der Waals surface area contributed by atoms with Crippen molar-refractivity contribution in [1.82, 2.24) is 5.32 Å². The van der Waals surface area contributed by atoms with Gasteiger partial charge in [-0.3, -0.25) is 0 Å². The van der Waals surface area contributed by atoms with Crippen LogP contribution in [0.3, 0.4) is 0 Å². The van der Waals surface area contributed by atoms with Crippen molar-refractivity contribution < 1.29 is 9.41 Å². The van der Waals surface area contributed by atoms with Crippen LogP contribution in [0.25, 0.3) is 65.4 Å².